The summed E-state index contributed by atoms with van der Waals surface area (Å²) in [4.78, 5) is 41.7. The number of fused-ring (bicyclic) bond motifs is 1. The number of carbonyl (C=O) groups is 3. The van der Waals surface area contributed by atoms with Crippen LogP contribution in [0.3, 0.4) is 0 Å². The van der Waals surface area contributed by atoms with Crippen molar-refractivity contribution in [3.8, 4) is 0 Å². The third-order valence-electron chi connectivity index (χ3n) is 6.24. The van der Waals surface area contributed by atoms with Gasteiger partial charge in [-0.25, -0.2) is 4.79 Å². The second-order valence-electron chi connectivity index (χ2n) is 8.14. The molecule has 34 heavy (non-hydrogen) atoms. The van der Waals surface area contributed by atoms with E-state index in [1.54, 1.807) is 36.4 Å². The van der Waals surface area contributed by atoms with Crippen LogP contribution < -0.4 is 16.2 Å². The van der Waals surface area contributed by atoms with E-state index in [1.165, 1.54) is 12.1 Å². The molecule has 1 fully saturated rings. The first-order valence-corrected chi connectivity index (χ1v) is 11.0. The summed E-state index contributed by atoms with van der Waals surface area (Å²) in [5, 5.41) is 11.2. The van der Waals surface area contributed by atoms with Gasteiger partial charge in [-0.1, -0.05) is 24.3 Å². The van der Waals surface area contributed by atoms with Crippen molar-refractivity contribution in [1.82, 2.24) is 9.91 Å². The molecule has 0 saturated carbocycles. The summed E-state index contributed by atoms with van der Waals surface area (Å²) in [5.41, 5.74) is 8.79. The van der Waals surface area contributed by atoms with Gasteiger partial charge >= 0.3 is 5.97 Å². The Balaban J connectivity index is 1.36. The highest BCUT2D eigenvalue weighted by molar-refractivity contribution is 6.26. The molecule has 0 atom stereocenters. The molecule has 2 aromatic rings. The summed E-state index contributed by atoms with van der Waals surface area (Å²) in [6.45, 7) is 4.02. The maximum absolute atomic E-state index is 13.0. The summed E-state index contributed by atoms with van der Waals surface area (Å²) < 4.78 is 4.74. The van der Waals surface area contributed by atoms with Gasteiger partial charge in [-0.15, -0.1) is 5.59 Å². The van der Waals surface area contributed by atoms with Crippen molar-refractivity contribution >= 4 is 23.2 Å². The number of hydrogen-bond acceptors (Lipinski definition) is 9. The molecule has 1 saturated heterocycles. The molecule has 4 rings (SSSR count). The van der Waals surface area contributed by atoms with Gasteiger partial charge in [0.1, 0.15) is 5.70 Å². The number of anilines is 1. The molecular weight excluding hydrogens is 438 g/mol. The Morgan fingerprint density at radius 3 is 2.24 bits per heavy atom. The lowest BCUT2D eigenvalue weighted by Crippen LogP contribution is -2.91. The van der Waals surface area contributed by atoms with Gasteiger partial charge in [-0.05, 0) is 24.3 Å². The first-order valence-electron chi connectivity index (χ1n) is 11.0. The normalized spacial score (nSPS) is 16.5. The molecular formula is C24H28N5O5+. The van der Waals surface area contributed by atoms with Gasteiger partial charge in [0.05, 0.1) is 19.2 Å². The Labute approximate surface area is 197 Å². The minimum absolute atomic E-state index is 0.00975. The van der Waals surface area contributed by atoms with Gasteiger partial charge in [0.15, 0.2) is 5.70 Å². The molecule has 0 aromatic heterocycles. The summed E-state index contributed by atoms with van der Waals surface area (Å²) in [7, 11) is 1.36. The summed E-state index contributed by atoms with van der Waals surface area (Å²) >= 11 is 0. The molecule has 5 N–H and O–H groups in total. The van der Waals surface area contributed by atoms with Crippen molar-refractivity contribution in [3.63, 3.8) is 0 Å². The van der Waals surface area contributed by atoms with Crippen LogP contribution in [0.5, 0.6) is 0 Å². The molecule has 0 unspecified atom stereocenters. The number of Topliss-reactive ketones (excluding diaryl/α,β-unsaturated/α-hetero) is 2. The average molecular weight is 467 g/mol. The lowest BCUT2D eigenvalue weighted by molar-refractivity contribution is -0.987. The number of benzene rings is 2. The summed E-state index contributed by atoms with van der Waals surface area (Å²) in [5.74, 6) is -1.15. The Bertz CT molecular complexity index is 1120. The summed E-state index contributed by atoms with van der Waals surface area (Å²) in [6, 6.07) is 13.9. The number of nitrogens with zero attached hydrogens (tertiary/aromatic N) is 3. The molecule has 1 heterocycles. The van der Waals surface area contributed by atoms with E-state index in [0.29, 0.717) is 18.7 Å². The van der Waals surface area contributed by atoms with Gasteiger partial charge < -0.3 is 15.4 Å². The average Bonchev–Trinajstić information content (AvgIpc) is 2.89. The Morgan fingerprint density at radius 2 is 1.65 bits per heavy atom. The zero-order chi connectivity index (χ0) is 24.2. The molecule has 0 spiro atoms. The smallest absolute Gasteiger partial charge is 0.337 e. The number of piperazine rings is 1. The predicted molar refractivity (Wildman–Crippen MR) is 123 cm³/mol. The van der Waals surface area contributed by atoms with E-state index >= 15 is 0 Å². The van der Waals surface area contributed by atoms with Crippen molar-refractivity contribution in [1.29, 1.82) is 0 Å². The van der Waals surface area contributed by atoms with Gasteiger partial charge in [-0.2, -0.15) is 10.2 Å². The van der Waals surface area contributed by atoms with E-state index in [9.17, 15) is 19.6 Å². The Hall–Kier alpha value is -3.73. The highest BCUT2D eigenvalue weighted by Crippen LogP contribution is 2.25. The van der Waals surface area contributed by atoms with Crippen LogP contribution in [0, 0.1) is 0 Å². The number of ether oxygens (including phenoxy) is 1. The van der Waals surface area contributed by atoms with Crippen LogP contribution in [0.4, 0.5) is 5.69 Å². The first kappa shape index (κ1) is 23.4. The van der Waals surface area contributed by atoms with Crippen molar-refractivity contribution < 1.29 is 29.9 Å². The van der Waals surface area contributed by atoms with Crippen molar-refractivity contribution in [2.75, 3.05) is 51.3 Å². The lowest BCUT2D eigenvalue weighted by Gasteiger charge is -2.36. The molecule has 178 valence electrons. The third kappa shape index (κ3) is 4.51. The SMILES string of the molecule is COC(=O)c1ccc(N2CCN(CCN([NH2+]O)C3=C(N)C(=O)c4ccccc4C3=O)CC2)cc1. The zero-order valence-corrected chi connectivity index (χ0v) is 18.9. The van der Waals surface area contributed by atoms with Crippen LogP contribution in [-0.4, -0.2) is 79.0 Å². The molecule has 1 aliphatic heterocycles. The fourth-order valence-corrected chi connectivity index (χ4v) is 4.30. The van der Waals surface area contributed by atoms with Crippen molar-refractivity contribution in [2.45, 2.75) is 0 Å². The fourth-order valence-electron chi connectivity index (χ4n) is 4.30. The van der Waals surface area contributed by atoms with Crippen LogP contribution in [-0.2, 0) is 4.74 Å². The number of hydrogen-bond donors (Lipinski definition) is 3. The van der Waals surface area contributed by atoms with Gasteiger partial charge in [0.2, 0.25) is 11.6 Å². The number of quaternary nitrogens is 1. The van der Waals surface area contributed by atoms with Crippen LogP contribution in [0.15, 0.2) is 59.9 Å². The van der Waals surface area contributed by atoms with Gasteiger partial charge in [-0.3, -0.25) is 14.5 Å². The molecule has 0 radical (unpaired) electrons. The number of allylic oxidation sites excluding steroid dienone is 2. The Kier molecular flexibility index (Phi) is 6.92. The molecule has 1 aliphatic carbocycles. The van der Waals surface area contributed by atoms with E-state index in [4.69, 9.17) is 10.5 Å². The molecule has 2 aliphatic rings. The van der Waals surface area contributed by atoms with Gasteiger partial charge in [0, 0.05) is 49.5 Å². The summed E-state index contributed by atoms with van der Waals surface area (Å²) in [6.07, 6.45) is 0. The van der Waals surface area contributed by atoms with Crippen LogP contribution in [0.1, 0.15) is 31.1 Å². The van der Waals surface area contributed by atoms with Crippen LogP contribution >= 0.6 is 0 Å². The Morgan fingerprint density at radius 1 is 1.03 bits per heavy atom. The maximum atomic E-state index is 13.0. The van der Waals surface area contributed by atoms with E-state index in [2.05, 4.69) is 9.80 Å². The molecule has 0 bridgehead atoms. The third-order valence-corrected chi connectivity index (χ3v) is 6.24. The fraction of sp³-hybridized carbons (Fsp3) is 0.292. The van der Waals surface area contributed by atoms with Gasteiger partial charge in [0.25, 0.3) is 0 Å². The van der Waals surface area contributed by atoms with E-state index in [0.717, 1.165) is 37.5 Å². The predicted octanol–water partition coefficient (Wildman–Crippen LogP) is 0.0143. The number of rotatable bonds is 7. The highest BCUT2D eigenvalue weighted by Gasteiger charge is 2.35. The van der Waals surface area contributed by atoms with E-state index in [1.807, 2.05) is 12.1 Å². The quantitative estimate of drug-likeness (QED) is 0.293. The van der Waals surface area contributed by atoms with Crippen molar-refractivity contribution in [3.05, 3.63) is 76.6 Å². The maximum Gasteiger partial charge on any atom is 0.337 e. The molecule has 0 amide bonds. The van der Waals surface area contributed by atoms with Crippen LogP contribution in [0.25, 0.3) is 0 Å². The second-order valence-corrected chi connectivity index (χ2v) is 8.14. The van der Waals surface area contributed by atoms with E-state index in [-0.39, 0.29) is 34.3 Å². The number of ketones is 2. The highest BCUT2D eigenvalue weighted by atomic mass is 16.5. The minimum Gasteiger partial charge on any atom is -0.465 e. The number of nitrogens with two attached hydrogens (primary N) is 2. The monoisotopic (exact) mass is 466 g/mol. The largest absolute Gasteiger partial charge is 0.465 e. The second kappa shape index (κ2) is 10.0. The van der Waals surface area contributed by atoms with Crippen LogP contribution in [0.2, 0.25) is 0 Å². The van der Waals surface area contributed by atoms with Crippen molar-refractivity contribution in [2.24, 2.45) is 5.73 Å². The standard InChI is InChI=1S/C24H27N5O5/c1-34-24(32)16-6-8-17(9-7-16)28-13-10-27(11-14-28)12-15-29(26-33)21-20(25)22(30)18-4-2-3-5-19(18)23(21)31/h2-9,26,33H,10-15,25H2,1H3/p+1. The number of carbonyl (C=O) groups excluding carboxylic acids is 3. The first-order chi connectivity index (χ1) is 16.4. The zero-order valence-electron chi connectivity index (χ0n) is 18.9. The molecule has 2 aromatic carbocycles. The van der Waals surface area contributed by atoms with E-state index < -0.39 is 5.78 Å². The topological polar surface area (TPSA) is 133 Å². The number of methoxy groups -OCH3 is 1. The lowest BCUT2D eigenvalue weighted by atomic mass is 9.90. The minimum atomic E-state index is -0.413. The molecule has 10 heteroatoms. The molecule has 10 nitrogen and oxygen atoms in total. The number of esters is 1.